The quantitative estimate of drug-likeness (QED) is 0.925. The Labute approximate surface area is 120 Å². The zero-order valence-corrected chi connectivity index (χ0v) is 12.3. The lowest BCUT2D eigenvalue weighted by molar-refractivity contribution is -0.137. The molecule has 1 aliphatic rings. The van der Waals surface area contributed by atoms with Gasteiger partial charge in [0, 0.05) is 31.1 Å². The molecule has 0 aliphatic carbocycles. The van der Waals surface area contributed by atoms with Crippen molar-refractivity contribution in [3.05, 3.63) is 17.7 Å². The minimum atomic E-state index is -4.35. The van der Waals surface area contributed by atoms with Crippen LogP contribution in [-0.4, -0.2) is 36.1 Å². The first-order valence-corrected chi connectivity index (χ1v) is 7.62. The summed E-state index contributed by atoms with van der Waals surface area (Å²) in [5, 5.41) is 3.16. The van der Waals surface area contributed by atoms with E-state index >= 15 is 0 Å². The monoisotopic (exact) mass is 305 g/mol. The molecular formula is C13H18F3N3S. The highest BCUT2D eigenvalue weighted by Gasteiger charge is 2.32. The highest BCUT2D eigenvalue weighted by atomic mass is 32.2. The van der Waals surface area contributed by atoms with Gasteiger partial charge in [-0.1, -0.05) is 6.92 Å². The third kappa shape index (κ3) is 3.50. The fourth-order valence-corrected chi connectivity index (χ4v) is 3.32. The van der Waals surface area contributed by atoms with Gasteiger partial charge in [-0.3, -0.25) is 0 Å². The second-order valence-corrected chi connectivity index (χ2v) is 6.10. The highest BCUT2D eigenvalue weighted by Crippen LogP contribution is 2.34. The number of hydrogen-bond donors (Lipinski definition) is 1. The van der Waals surface area contributed by atoms with Crippen LogP contribution in [0.3, 0.4) is 0 Å². The van der Waals surface area contributed by atoms with E-state index in [0.717, 1.165) is 37.4 Å². The van der Waals surface area contributed by atoms with Crippen molar-refractivity contribution in [1.29, 1.82) is 0 Å². The van der Waals surface area contributed by atoms with Gasteiger partial charge in [0.15, 0.2) is 0 Å². The molecule has 1 N–H and O–H groups in total. The molecule has 1 fully saturated rings. The summed E-state index contributed by atoms with van der Waals surface area (Å²) in [6.07, 6.45) is -3.34. The van der Waals surface area contributed by atoms with E-state index in [2.05, 4.69) is 17.2 Å². The number of aromatic nitrogens is 1. The number of thioether (sulfide) groups is 1. The Morgan fingerprint density at radius 1 is 1.45 bits per heavy atom. The van der Waals surface area contributed by atoms with E-state index in [9.17, 15) is 13.2 Å². The molecule has 0 radical (unpaired) electrons. The molecule has 1 aromatic heterocycles. The van der Waals surface area contributed by atoms with Gasteiger partial charge in [0.05, 0.1) is 5.56 Å². The molecule has 7 heteroatoms. The maximum Gasteiger partial charge on any atom is 0.416 e. The number of nitrogens with zero attached hydrogens (tertiary/aromatic N) is 2. The SMILES string of the molecule is CCC1CN(c2cc(C(F)(F)F)cc(NC)n2)CCS1. The molecule has 20 heavy (non-hydrogen) atoms. The fraction of sp³-hybridized carbons (Fsp3) is 0.615. The second kappa shape index (κ2) is 6.11. The Hall–Kier alpha value is -1.11. The lowest BCUT2D eigenvalue weighted by atomic mass is 10.2. The van der Waals surface area contributed by atoms with Gasteiger partial charge in [-0.25, -0.2) is 4.98 Å². The van der Waals surface area contributed by atoms with Gasteiger partial charge in [-0.15, -0.1) is 0 Å². The molecule has 0 aromatic carbocycles. The second-order valence-electron chi connectivity index (χ2n) is 4.69. The molecule has 3 nitrogen and oxygen atoms in total. The van der Waals surface area contributed by atoms with Crippen molar-refractivity contribution in [2.24, 2.45) is 0 Å². The summed E-state index contributed by atoms with van der Waals surface area (Å²) >= 11 is 1.87. The molecular weight excluding hydrogens is 287 g/mol. The minimum absolute atomic E-state index is 0.251. The minimum Gasteiger partial charge on any atom is -0.373 e. The summed E-state index contributed by atoms with van der Waals surface area (Å²) < 4.78 is 38.7. The number of alkyl halides is 3. The van der Waals surface area contributed by atoms with Crippen molar-refractivity contribution < 1.29 is 13.2 Å². The van der Waals surface area contributed by atoms with Crippen molar-refractivity contribution in [3.8, 4) is 0 Å². The van der Waals surface area contributed by atoms with E-state index in [-0.39, 0.29) is 5.82 Å². The van der Waals surface area contributed by atoms with E-state index in [0.29, 0.717) is 11.1 Å². The van der Waals surface area contributed by atoms with Crippen LogP contribution in [0, 0.1) is 0 Å². The van der Waals surface area contributed by atoms with Gasteiger partial charge in [0.2, 0.25) is 0 Å². The van der Waals surface area contributed by atoms with Gasteiger partial charge in [0.25, 0.3) is 0 Å². The Morgan fingerprint density at radius 2 is 2.20 bits per heavy atom. The Balaban J connectivity index is 2.30. The zero-order valence-electron chi connectivity index (χ0n) is 11.5. The molecule has 1 unspecified atom stereocenters. The first-order chi connectivity index (χ1) is 9.44. The summed E-state index contributed by atoms with van der Waals surface area (Å²) in [6.45, 7) is 3.58. The predicted octanol–water partition coefficient (Wildman–Crippen LogP) is 3.47. The number of nitrogens with one attached hydrogen (secondary N) is 1. The van der Waals surface area contributed by atoms with Gasteiger partial charge < -0.3 is 10.2 Å². The van der Waals surface area contributed by atoms with E-state index in [1.54, 1.807) is 7.05 Å². The normalized spacial score (nSPS) is 20.1. The first kappa shape index (κ1) is 15.3. The van der Waals surface area contributed by atoms with Gasteiger partial charge in [-0.05, 0) is 18.6 Å². The lowest BCUT2D eigenvalue weighted by Gasteiger charge is -2.33. The van der Waals surface area contributed by atoms with E-state index in [1.165, 1.54) is 0 Å². The number of pyridine rings is 1. The lowest BCUT2D eigenvalue weighted by Crippen LogP contribution is -2.38. The molecule has 0 bridgehead atoms. The Bertz CT molecular complexity index is 465. The van der Waals surface area contributed by atoms with E-state index in [1.807, 2.05) is 16.7 Å². The number of halogens is 3. The highest BCUT2D eigenvalue weighted by molar-refractivity contribution is 8.00. The van der Waals surface area contributed by atoms with Crippen molar-refractivity contribution >= 4 is 23.4 Å². The summed E-state index contributed by atoms with van der Waals surface area (Å²) in [5.74, 6) is 1.58. The van der Waals surface area contributed by atoms with Crippen molar-refractivity contribution in [2.75, 3.05) is 36.1 Å². The van der Waals surface area contributed by atoms with Crippen LogP contribution in [0.2, 0.25) is 0 Å². The average molecular weight is 305 g/mol. The first-order valence-electron chi connectivity index (χ1n) is 6.57. The molecule has 1 saturated heterocycles. The van der Waals surface area contributed by atoms with Crippen molar-refractivity contribution in [3.63, 3.8) is 0 Å². The van der Waals surface area contributed by atoms with Gasteiger partial charge in [-0.2, -0.15) is 24.9 Å². The smallest absolute Gasteiger partial charge is 0.373 e. The number of anilines is 2. The van der Waals surface area contributed by atoms with Crippen LogP contribution < -0.4 is 10.2 Å². The molecule has 112 valence electrons. The van der Waals surface area contributed by atoms with Crippen LogP contribution in [-0.2, 0) is 6.18 Å². The Kier molecular flexibility index (Phi) is 4.67. The molecule has 0 spiro atoms. The van der Waals surface area contributed by atoms with Crippen LogP contribution in [0.5, 0.6) is 0 Å². The maximum atomic E-state index is 12.9. The fourth-order valence-electron chi connectivity index (χ4n) is 2.14. The molecule has 0 saturated carbocycles. The zero-order chi connectivity index (χ0) is 14.8. The Morgan fingerprint density at radius 3 is 2.80 bits per heavy atom. The standard InChI is InChI=1S/C13H18F3N3S/c1-3-10-8-19(4-5-20-10)12-7-9(13(14,15)16)6-11(17-2)18-12/h6-7,10H,3-5,8H2,1-2H3,(H,17,18). The molecule has 1 aliphatic heterocycles. The third-order valence-electron chi connectivity index (χ3n) is 3.31. The molecule has 0 amide bonds. The summed E-state index contributed by atoms with van der Waals surface area (Å²) in [6, 6.07) is 2.18. The predicted molar refractivity (Wildman–Crippen MR) is 77.5 cm³/mol. The molecule has 2 heterocycles. The average Bonchev–Trinajstić information content (AvgIpc) is 2.46. The van der Waals surface area contributed by atoms with Crippen LogP contribution in [0.25, 0.3) is 0 Å². The summed E-state index contributed by atoms with van der Waals surface area (Å²) in [4.78, 5) is 6.21. The maximum absolute atomic E-state index is 12.9. The van der Waals surface area contributed by atoms with E-state index in [4.69, 9.17) is 0 Å². The number of rotatable bonds is 3. The molecule has 1 atom stereocenters. The van der Waals surface area contributed by atoms with Crippen LogP contribution in [0.15, 0.2) is 12.1 Å². The van der Waals surface area contributed by atoms with Crippen molar-refractivity contribution in [2.45, 2.75) is 24.8 Å². The summed E-state index contributed by atoms with van der Waals surface area (Å²) in [5.41, 5.74) is -0.655. The van der Waals surface area contributed by atoms with Crippen molar-refractivity contribution in [1.82, 2.24) is 4.98 Å². The van der Waals surface area contributed by atoms with E-state index < -0.39 is 11.7 Å². The van der Waals surface area contributed by atoms with Crippen LogP contribution >= 0.6 is 11.8 Å². The summed E-state index contributed by atoms with van der Waals surface area (Å²) in [7, 11) is 1.58. The third-order valence-corrected chi connectivity index (χ3v) is 4.69. The van der Waals surface area contributed by atoms with Crippen LogP contribution in [0.4, 0.5) is 24.8 Å². The number of hydrogen-bond acceptors (Lipinski definition) is 4. The van der Waals surface area contributed by atoms with Gasteiger partial charge in [0.1, 0.15) is 11.6 Å². The van der Waals surface area contributed by atoms with Gasteiger partial charge >= 0.3 is 6.18 Å². The molecule has 1 aromatic rings. The molecule has 2 rings (SSSR count). The van der Waals surface area contributed by atoms with Crippen LogP contribution in [0.1, 0.15) is 18.9 Å². The topological polar surface area (TPSA) is 28.2 Å². The largest absolute Gasteiger partial charge is 0.416 e.